The Bertz CT molecular complexity index is 617. The number of ketones is 1. The number of amides is 1. The molecule has 1 fully saturated rings. The number of Topliss-reactive ketones (excluding diaryl/α,β-unsaturated/α-hetero) is 1. The minimum absolute atomic E-state index is 0.0659. The SMILES string of the molecule is C=CCC1C(=O)/C(=C/c2ccc(O)cc2)C(=O)NC1=S. The molecule has 20 heavy (non-hydrogen) atoms. The van der Waals surface area contributed by atoms with Crippen molar-refractivity contribution in [1.29, 1.82) is 0 Å². The van der Waals surface area contributed by atoms with E-state index in [9.17, 15) is 14.7 Å². The first kappa shape index (κ1) is 14.1. The van der Waals surface area contributed by atoms with Crippen LogP contribution < -0.4 is 5.32 Å². The quantitative estimate of drug-likeness (QED) is 0.386. The monoisotopic (exact) mass is 287 g/mol. The number of carbonyl (C=O) groups excluding carboxylic acids is 2. The molecular formula is C15H13NO3S. The van der Waals surface area contributed by atoms with Crippen LogP contribution in [0.2, 0.25) is 0 Å². The molecule has 1 aliphatic heterocycles. The molecule has 1 aromatic carbocycles. The fourth-order valence-corrected chi connectivity index (χ4v) is 2.24. The van der Waals surface area contributed by atoms with Crippen molar-refractivity contribution in [3.63, 3.8) is 0 Å². The standard InChI is InChI=1S/C15H13NO3S/c1-2-3-11-13(18)12(14(19)16-15(11)20)8-9-4-6-10(17)7-5-9/h2,4-8,11,17H,1,3H2,(H,16,19,20)/b12-8-. The first-order valence-corrected chi connectivity index (χ1v) is 6.45. The number of aromatic hydroxyl groups is 1. The highest BCUT2D eigenvalue weighted by Crippen LogP contribution is 2.21. The summed E-state index contributed by atoms with van der Waals surface area (Å²) in [5.41, 5.74) is 0.725. The lowest BCUT2D eigenvalue weighted by molar-refractivity contribution is -0.124. The van der Waals surface area contributed by atoms with Crippen LogP contribution in [0.3, 0.4) is 0 Å². The average Bonchev–Trinajstić information content (AvgIpc) is 2.41. The maximum atomic E-state index is 12.3. The summed E-state index contributed by atoms with van der Waals surface area (Å²) in [4.78, 5) is 24.4. The average molecular weight is 287 g/mol. The zero-order valence-corrected chi connectivity index (χ0v) is 11.4. The van der Waals surface area contributed by atoms with Crippen LogP contribution in [0.25, 0.3) is 6.08 Å². The van der Waals surface area contributed by atoms with Crippen molar-refractivity contribution in [2.45, 2.75) is 6.42 Å². The Morgan fingerprint density at radius 2 is 1.95 bits per heavy atom. The molecule has 0 aliphatic carbocycles. The molecule has 1 aromatic rings. The lowest BCUT2D eigenvalue weighted by Gasteiger charge is -2.23. The minimum Gasteiger partial charge on any atom is -0.508 e. The molecule has 5 heteroatoms. The van der Waals surface area contributed by atoms with E-state index >= 15 is 0 Å². The maximum Gasteiger partial charge on any atom is 0.259 e. The second-order valence-electron chi connectivity index (χ2n) is 4.41. The molecule has 0 radical (unpaired) electrons. The molecule has 1 saturated heterocycles. The molecule has 1 aliphatic rings. The van der Waals surface area contributed by atoms with E-state index in [0.717, 1.165) is 0 Å². The first-order valence-electron chi connectivity index (χ1n) is 6.04. The third-order valence-electron chi connectivity index (χ3n) is 2.99. The highest BCUT2D eigenvalue weighted by atomic mass is 32.1. The largest absolute Gasteiger partial charge is 0.508 e. The van der Waals surface area contributed by atoms with Crippen molar-refractivity contribution in [3.8, 4) is 5.75 Å². The van der Waals surface area contributed by atoms with Gasteiger partial charge in [0.25, 0.3) is 5.91 Å². The number of rotatable bonds is 3. The van der Waals surface area contributed by atoms with Gasteiger partial charge in [-0.05, 0) is 30.2 Å². The Labute approximate surface area is 121 Å². The number of nitrogens with one attached hydrogen (secondary N) is 1. The molecule has 1 unspecified atom stereocenters. The molecular weight excluding hydrogens is 274 g/mol. The lowest BCUT2D eigenvalue weighted by Crippen LogP contribution is -2.46. The maximum absolute atomic E-state index is 12.3. The summed E-state index contributed by atoms with van der Waals surface area (Å²) in [5, 5.41) is 11.8. The van der Waals surface area contributed by atoms with Gasteiger partial charge in [-0.25, -0.2) is 0 Å². The molecule has 2 N–H and O–H groups in total. The summed E-state index contributed by atoms with van der Waals surface area (Å²) in [6.07, 6.45) is 3.49. The number of phenols is 1. The summed E-state index contributed by atoms with van der Waals surface area (Å²) in [5.74, 6) is -1.21. The van der Waals surface area contributed by atoms with Crippen LogP contribution in [0.15, 0.2) is 42.5 Å². The molecule has 102 valence electrons. The molecule has 0 bridgehead atoms. The van der Waals surface area contributed by atoms with Gasteiger partial charge in [0.1, 0.15) is 5.75 Å². The Kier molecular flexibility index (Phi) is 4.10. The summed E-state index contributed by atoms with van der Waals surface area (Å²) in [6.45, 7) is 3.59. The molecule has 0 aromatic heterocycles. The molecule has 0 saturated carbocycles. The molecule has 4 nitrogen and oxygen atoms in total. The second-order valence-corrected chi connectivity index (χ2v) is 4.85. The lowest BCUT2D eigenvalue weighted by atomic mass is 9.89. The number of piperidine rings is 1. The van der Waals surface area contributed by atoms with Crippen molar-refractivity contribution in [1.82, 2.24) is 5.32 Å². The predicted molar refractivity (Wildman–Crippen MR) is 80.1 cm³/mol. The number of carbonyl (C=O) groups is 2. The number of benzene rings is 1. The van der Waals surface area contributed by atoms with Gasteiger partial charge in [-0.2, -0.15) is 0 Å². The third kappa shape index (κ3) is 2.83. The van der Waals surface area contributed by atoms with Gasteiger partial charge >= 0.3 is 0 Å². The normalized spacial score (nSPS) is 20.9. The fourth-order valence-electron chi connectivity index (χ4n) is 1.94. The number of hydrogen-bond acceptors (Lipinski definition) is 4. The summed E-state index contributed by atoms with van der Waals surface area (Å²) >= 11 is 5.02. The van der Waals surface area contributed by atoms with Crippen LogP contribution in [0.5, 0.6) is 5.75 Å². The van der Waals surface area contributed by atoms with E-state index in [4.69, 9.17) is 12.2 Å². The molecule has 0 spiro atoms. The molecule has 2 rings (SSSR count). The highest BCUT2D eigenvalue weighted by molar-refractivity contribution is 7.80. The second kappa shape index (κ2) is 5.79. The molecule has 1 heterocycles. The van der Waals surface area contributed by atoms with Crippen LogP contribution in [0, 0.1) is 5.92 Å². The van der Waals surface area contributed by atoms with E-state index in [-0.39, 0.29) is 22.1 Å². The third-order valence-corrected chi connectivity index (χ3v) is 3.37. The van der Waals surface area contributed by atoms with Crippen LogP contribution in [0.4, 0.5) is 0 Å². The zero-order chi connectivity index (χ0) is 14.7. The Balaban J connectivity index is 2.36. The number of hydrogen-bond donors (Lipinski definition) is 2. The van der Waals surface area contributed by atoms with E-state index in [1.54, 1.807) is 18.2 Å². The molecule has 1 amide bonds. The van der Waals surface area contributed by atoms with Crippen LogP contribution in [0.1, 0.15) is 12.0 Å². The highest BCUT2D eigenvalue weighted by Gasteiger charge is 2.34. The summed E-state index contributed by atoms with van der Waals surface area (Å²) in [7, 11) is 0. The van der Waals surface area contributed by atoms with E-state index in [1.807, 2.05) is 0 Å². The van der Waals surface area contributed by atoms with Crippen LogP contribution >= 0.6 is 12.2 Å². The Morgan fingerprint density at radius 1 is 1.30 bits per heavy atom. The van der Waals surface area contributed by atoms with E-state index < -0.39 is 11.8 Å². The minimum atomic E-state index is -0.538. The van der Waals surface area contributed by atoms with Gasteiger partial charge < -0.3 is 10.4 Å². The summed E-state index contributed by atoms with van der Waals surface area (Å²) in [6, 6.07) is 6.23. The van der Waals surface area contributed by atoms with Gasteiger partial charge in [0, 0.05) is 0 Å². The number of allylic oxidation sites excluding steroid dienone is 1. The summed E-state index contributed by atoms with van der Waals surface area (Å²) < 4.78 is 0. The van der Waals surface area contributed by atoms with Crippen molar-refractivity contribution < 1.29 is 14.7 Å². The Hall–Kier alpha value is -2.27. The van der Waals surface area contributed by atoms with Crippen molar-refractivity contribution >= 4 is 35.0 Å². The first-order chi connectivity index (χ1) is 9.52. The van der Waals surface area contributed by atoms with Gasteiger partial charge in [0.15, 0.2) is 5.78 Å². The number of thiocarbonyl (C=S) groups is 1. The van der Waals surface area contributed by atoms with Gasteiger partial charge in [-0.1, -0.05) is 30.4 Å². The van der Waals surface area contributed by atoms with Crippen LogP contribution in [-0.4, -0.2) is 21.8 Å². The van der Waals surface area contributed by atoms with Gasteiger partial charge in [-0.15, -0.1) is 6.58 Å². The fraction of sp³-hybridized carbons (Fsp3) is 0.133. The zero-order valence-electron chi connectivity index (χ0n) is 10.6. The van der Waals surface area contributed by atoms with E-state index in [2.05, 4.69) is 11.9 Å². The van der Waals surface area contributed by atoms with Crippen molar-refractivity contribution in [2.24, 2.45) is 5.92 Å². The van der Waals surface area contributed by atoms with Crippen LogP contribution in [-0.2, 0) is 9.59 Å². The van der Waals surface area contributed by atoms with E-state index in [0.29, 0.717) is 12.0 Å². The van der Waals surface area contributed by atoms with Gasteiger partial charge in [-0.3, -0.25) is 9.59 Å². The van der Waals surface area contributed by atoms with Crippen molar-refractivity contribution in [3.05, 3.63) is 48.1 Å². The Morgan fingerprint density at radius 3 is 2.55 bits per heavy atom. The topological polar surface area (TPSA) is 66.4 Å². The van der Waals surface area contributed by atoms with Gasteiger partial charge in [0.2, 0.25) is 0 Å². The van der Waals surface area contributed by atoms with E-state index in [1.165, 1.54) is 18.2 Å². The van der Waals surface area contributed by atoms with Crippen molar-refractivity contribution in [2.75, 3.05) is 0 Å². The molecule has 1 atom stereocenters. The number of phenolic OH excluding ortho intramolecular Hbond substituents is 1. The predicted octanol–water partition coefficient (Wildman–Crippen LogP) is 1.99. The smallest absolute Gasteiger partial charge is 0.259 e. The van der Waals surface area contributed by atoms with Gasteiger partial charge in [0.05, 0.1) is 16.5 Å².